The number of anilines is 1. The molecule has 6 heteroatoms. The average molecular weight is 483 g/mol. The van der Waals surface area contributed by atoms with Gasteiger partial charge in [-0.3, -0.25) is 14.7 Å². The lowest BCUT2D eigenvalue weighted by Crippen LogP contribution is -2.48. The van der Waals surface area contributed by atoms with Crippen molar-refractivity contribution in [2.75, 3.05) is 30.9 Å². The smallest absolute Gasteiger partial charge is 0.253 e. The fourth-order valence-corrected chi connectivity index (χ4v) is 5.23. The van der Waals surface area contributed by atoms with Crippen molar-refractivity contribution in [1.29, 1.82) is 0 Å². The van der Waals surface area contributed by atoms with Gasteiger partial charge in [0.1, 0.15) is 0 Å². The molecule has 0 unspecified atom stereocenters. The zero-order valence-corrected chi connectivity index (χ0v) is 21.0. The number of rotatable bonds is 6. The molecule has 35 heavy (non-hydrogen) atoms. The van der Waals surface area contributed by atoms with Crippen LogP contribution in [-0.4, -0.2) is 46.9 Å². The Morgan fingerprint density at radius 2 is 1.71 bits per heavy atom. The minimum atomic E-state index is 0.105. The van der Waals surface area contributed by atoms with Crippen LogP contribution >= 0.6 is 11.9 Å². The van der Waals surface area contributed by atoms with Crippen molar-refractivity contribution >= 4 is 34.4 Å². The van der Waals surface area contributed by atoms with Crippen molar-refractivity contribution in [3.63, 3.8) is 0 Å². The maximum atomic E-state index is 13.1. The molecule has 4 aromatic rings. The highest BCUT2D eigenvalue weighted by Gasteiger charge is 2.22. The normalized spacial score (nSPS) is 14.3. The maximum Gasteiger partial charge on any atom is 0.253 e. The summed E-state index contributed by atoms with van der Waals surface area (Å²) in [6.45, 7) is 8.56. The summed E-state index contributed by atoms with van der Waals surface area (Å²) in [5.41, 5.74) is 6.68. The molecule has 5 rings (SSSR count). The van der Waals surface area contributed by atoms with Gasteiger partial charge in [0.15, 0.2) is 0 Å². The van der Waals surface area contributed by atoms with Gasteiger partial charge in [0.2, 0.25) is 0 Å². The number of aryl methyl sites for hydroxylation is 2. The van der Waals surface area contributed by atoms with Crippen molar-refractivity contribution in [3.05, 3.63) is 101 Å². The Balaban J connectivity index is 1.15. The molecule has 178 valence electrons. The van der Waals surface area contributed by atoms with Crippen LogP contribution in [0.5, 0.6) is 0 Å². The second kappa shape index (κ2) is 10.5. The molecule has 2 heterocycles. The molecule has 0 atom stereocenters. The number of hydrogen-bond acceptors (Lipinski definition) is 5. The number of aromatic nitrogens is 1. The zero-order valence-electron chi connectivity index (χ0n) is 20.2. The predicted octanol–water partition coefficient (Wildman–Crippen LogP) is 5.93. The van der Waals surface area contributed by atoms with Crippen molar-refractivity contribution in [3.8, 4) is 0 Å². The summed E-state index contributed by atoms with van der Waals surface area (Å²) in [6.07, 6.45) is 1.82. The first-order valence-corrected chi connectivity index (χ1v) is 12.8. The molecule has 0 aliphatic carbocycles. The SMILES string of the molecule is Cc1ccc(C)c(CN2CCN(C(=O)c3ccc(NSc4cccc5cccnc45)cc3)CC2)c1. The van der Waals surface area contributed by atoms with Gasteiger partial charge in [-0.25, -0.2) is 0 Å². The largest absolute Gasteiger partial charge is 0.336 e. The molecule has 1 aromatic heterocycles. The van der Waals surface area contributed by atoms with Crippen molar-refractivity contribution in [1.82, 2.24) is 14.8 Å². The Bertz CT molecular complexity index is 1330. The highest BCUT2D eigenvalue weighted by Crippen LogP contribution is 2.27. The summed E-state index contributed by atoms with van der Waals surface area (Å²) in [5.74, 6) is 0.105. The second-order valence-corrected chi connectivity index (χ2v) is 9.96. The Labute approximate surface area is 211 Å². The molecule has 0 radical (unpaired) electrons. The second-order valence-electron chi connectivity index (χ2n) is 9.11. The van der Waals surface area contributed by atoms with Gasteiger partial charge < -0.3 is 9.62 Å². The topological polar surface area (TPSA) is 48.5 Å². The Morgan fingerprint density at radius 1 is 0.943 bits per heavy atom. The van der Waals surface area contributed by atoms with E-state index in [-0.39, 0.29) is 5.91 Å². The summed E-state index contributed by atoms with van der Waals surface area (Å²) in [6, 6.07) is 24.6. The van der Waals surface area contributed by atoms with E-state index in [0.29, 0.717) is 0 Å². The van der Waals surface area contributed by atoms with Crippen LogP contribution in [0.2, 0.25) is 0 Å². The van der Waals surface area contributed by atoms with E-state index in [2.05, 4.69) is 64.9 Å². The van der Waals surface area contributed by atoms with E-state index in [1.165, 1.54) is 28.6 Å². The first-order valence-electron chi connectivity index (χ1n) is 12.0. The average Bonchev–Trinajstić information content (AvgIpc) is 2.90. The monoisotopic (exact) mass is 482 g/mol. The number of pyridine rings is 1. The van der Waals surface area contributed by atoms with Crippen LogP contribution in [0.4, 0.5) is 5.69 Å². The van der Waals surface area contributed by atoms with Crippen LogP contribution in [0.1, 0.15) is 27.0 Å². The van der Waals surface area contributed by atoms with Crippen LogP contribution in [-0.2, 0) is 6.54 Å². The predicted molar refractivity (Wildman–Crippen MR) is 145 cm³/mol. The molecule has 3 aromatic carbocycles. The van der Waals surface area contributed by atoms with E-state index in [4.69, 9.17) is 0 Å². The number of fused-ring (bicyclic) bond motifs is 1. The molecule has 5 nitrogen and oxygen atoms in total. The van der Waals surface area contributed by atoms with Gasteiger partial charge in [-0.05, 0) is 73.3 Å². The fraction of sp³-hybridized carbons (Fsp3) is 0.241. The number of amides is 1. The quantitative estimate of drug-likeness (QED) is 0.345. The molecule has 0 spiro atoms. The van der Waals surface area contributed by atoms with E-state index in [1.807, 2.05) is 47.5 Å². The standard InChI is InChI=1S/C29H30N4OS/c1-21-8-9-22(2)25(19-21)20-32-15-17-33(18-16-32)29(34)24-10-12-26(13-11-24)31-35-27-7-3-5-23-6-4-14-30-28(23)27/h3-14,19,31H,15-18,20H2,1-2H3. The molecule has 1 N–H and O–H groups in total. The van der Waals surface area contributed by atoms with E-state index in [1.54, 1.807) is 0 Å². The summed E-state index contributed by atoms with van der Waals surface area (Å²) < 4.78 is 3.38. The van der Waals surface area contributed by atoms with Crippen LogP contribution in [0.25, 0.3) is 10.9 Å². The first-order chi connectivity index (χ1) is 17.1. The zero-order chi connectivity index (χ0) is 24.2. The summed E-state index contributed by atoms with van der Waals surface area (Å²) in [7, 11) is 0. The van der Waals surface area contributed by atoms with Crippen molar-refractivity contribution < 1.29 is 4.79 Å². The summed E-state index contributed by atoms with van der Waals surface area (Å²) in [5, 5.41) is 1.12. The Hall–Kier alpha value is -3.35. The van der Waals surface area contributed by atoms with Gasteiger partial charge in [0.25, 0.3) is 5.91 Å². The number of benzene rings is 3. The lowest BCUT2D eigenvalue weighted by atomic mass is 10.0. The third kappa shape index (κ3) is 5.50. The highest BCUT2D eigenvalue weighted by atomic mass is 32.2. The fourth-order valence-electron chi connectivity index (χ4n) is 4.46. The van der Waals surface area contributed by atoms with Gasteiger partial charge in [-0.15, -0.1) is 0 Å². The van der Waals surface area contributed by atoms with Crippen molar-refractivity contribution in [2.45, 2.75) is 25.3 Å². The van der Waals surface area contributed by atoms with Crippen molar-refractivity contribution in [2.24, 2.45) is 0 Å². The Kier molecular flexibility index (Phi) is 7.02. The first kappa shape index (κ1) is 23.4. The van der Waals surface area contributed by atoms with Gasteiger partial charge in [-0.1, -0.05) is 42.0 Å². The number of carbonyl (C=O) groups is 1. The van der Waals surface area contributed by atoms with E-state index in [0.717, 1.165) is 59.8 Å². The molecule has 1 fully saturated rings. The van der Waals surface area contributed by atoms with E-state index < -0.39 is 0 Å². The van der Waals surface area contributed by atoms with Crippen LogP contribution in [0.15, 0.2) is 83.9 Å². The minimum Gasteiger partial charge on any atom is -0.336 e. The minimum absolute atomic E-state index is 0.105. The molecule has 1 aliphatic heterocycles. The van der Waals surface area contributed by atoms with Crippen LogP contribution < -0.4 is 4.72 Å². The molecule has 1 aliphatic rings. The molecule has 1 amide bonds. The lowest BCUT2D eigenvalue weighted by molar-refractivity contribution is 0.0628. The third-order valence-corrected chi connectivity index (χ3v) is 7.45. The van der Waals surface area contributed by atoms with Crippen LogP contribution in [0.3, 0.4) is 0 Å². The Morgan fingerprint density at radius 3 is 2.51 bits per heavy atom. The van der Waals surface area contributed by atoms with E-state index in [9.17, 15) is 4.79 Å². The number of hydrogen-bond donors (Lipinski definition) is 1. The third-order valence-electron chi connectivity index (χ3n) is 6.56. The molecule has 0 saturated carbocycles. The maximum absolute atomic E-state index is 13.1. The van der Waals surface area contributed by atoms with Gasteiger partial charge in [0.05, 0.1) is 10.4 Å². The molecule has 0 bridgehead atoms. The number of carbonyl (C=O) groups excluding carboxylic acids is 1. The van der Waals surface area contributed by atoms with E-state index >= 15 is 0 Å². The van der Waals surface area contributed by atoms with Gasteiger partial charge in [0, 0.05) is 55.6 Å². The van der Waals surface area contributed by atoms with Gasteiger partial charge >= 0.3 is 0 Å². The molecular formula is C29H30N4OS. The molecule has 1 saturated heterocycles. The summed E-state index contributed by atoms with van der Waals surface area (Å²) in [4.78, 5) is 23.1. The molecular weight excluding hydrogens is 452 g/mol. The number of piperazine rings is 1. The number of nitrogens with one attached hydrogen (secondary N) is 1. The van der Waals surface area contributed by atoms with Crippen LogP contribution in [0, 0.1) is 13.8 Å². The number of para-hydroxylation sites is 1. The van der Waals surface area contributed by atoms with Gasteiger partial charge in [-0.2, -0.15) is 0 Å². The lowest BCUT2D eigenvalue weighted by Gasteiger charge is -2.35. The highest BCUT2D eigenvalue weighted by molar-refractivity contribution is 8.00. The summed E-state index contributed by atoms with van der Waals surface area (Å²) >= 11 is 1.53. The number of nitrogens with zero attached hydrogens (tertiary/aromatic N) is 3.